The average molecular weight is 371 g/mol. The van der Waals surface area contributed by atoms with Crippen molar-refractivity contribution >= 4 is 17.4 Å². The summed E-state index contributed by atoms with van der Waals surface area (Å²) in [6.07, 6.45) is 0. The SMILES string of the molecule is COc1ccc(C(O)=C2C(=O)C(=O)N(C)C2c2ccc(F)cc2)cc1OC. The van der Waals surface area contributed by atoms with Crippen molar-refractivity contribution in [2.75, 3.05) is 21.3 Å². The maximum absolute atomic E-state index is 13.3. The molecule has 1 heterocycles. The fraction of sp³-hybridized carbons (Fsp3) is 0.200. The molecule has 27 heavy (non-hydrogen) atoms. The first-order chi connectivity index (χ1) is 12.9. The van der Waals surface area contributed by atoms with Crippen LogP contribution in [0.15, 0.2) is 48.0 Å². The zero-order valence-electron chi connectivity index (χ0n) is 15.0. The predicted molar refractivity (Wildman–Crippen MR) is 96.0 cm³/mol. The minimum atomic E-state index is -0.821. The number of ketones is 1. The third-order valence-electron chi connectivity index (χ3n) is 4.52. The van der Waals surface area contributed by atoms with Crippen molar-refractivity contribution in [3.63, 3.8) is 0 Å². The van der Waals surface area contributed by atoms with Crippen LogP contribution >= 0.6 is 0 Å². The summed E-state index contributed by atoms with van der Waals surface area (Å²) in [5.74, 6) is -1.50. The van der Waals surface area contributed by atoms with Crippen molar-refractivity contribution in [2.24, 2.45) is 0 Å². The smallest absolute Gasteiger partial charge is 0.295 e. The molecule has 1 fully saturated rings. The van der Waals surface area contributed by atoms with Crippen molar-refractivity contribution in [3.8, 4) is 11.5 Å². The van der Waals surface area contributed by atoms with Gasteiger partial charge in [-0.2, -0.15) is 0 Å². The number of rotatable bonds is 4. The van der Waals surface area contributed by atoms with Crippen LogP contribution in [0.25, 0.3) is 5.76 Å². The Morgan fingerprint density at radius 1 is 1.04 bits per heavy atom. The molecule has 6 nitrogen and oxygen atoms in total. The molecule has 0 saturated carbocycles. The van der Waals surface area contributed by atoms with Crippen LogP contribution in [0, 0.1) is 5.82 Å². The fourth-order valence-corrected chi connectivity index (χ4v) is 3.12. The van der Waals surface area contributed by atoms with Crippen LogP contribution in [-0.2, 0) is 9.59 Å². The van der Waals surface area contributed by atoms with Gasteiger partial charge >= 0.3 is 0 Å². The number of carbonyl (C=O) groups excluding carboxylic acids is 2. The van der Waals surface area contributed by atoms with Gasteiger partial charge in [0, 0.05) is 12.6 Å². The van der Waals surface area contributed by atoms with Gasteiger partial charge in [-0.3, -0.25) is 9.59 Å². The molecule has 1 amide bonds. The highest BCUT2D eigenvalue weighted by Crippen LogP contribution is 2.39. The van der Waals surface area contributed by atoms with Gasteiger partial charge in [0.25, 0.3) is 11.7 Å². The molecule has 2 aromatic carbocycles. The van der Waals surface area contributed by atoms with Crippen LogP contribution in [0.3, 0.4) is 0 Å². The second-order valence-electron chi connectivity index (χ2n) is 6.03. The van der Waals surface area contributed by atoms with Gasteiger partial charge in [-0.25, -0.2) is 4.39 Å². The summed E-state index contributed by atoms with van der Waals surface area (Å²) in [6.45, 7) is 0. The Labute approximate surface area is 155 Å². The summed E-state index contributed by atoms with van der Waals surface area (Å²) >= 11 is 0. The largest absolute Gasteiger partial charge is 0.507 e. The lowest BCUT2D eigenvalue weighted by Gasteiger charge is -2.21. The van der Waals surface area contributed by atoms with Gasteiger partial charge in [0.15, 0.2) is 11.5 Å². The molecule has 0 bridgehead atoms. The van der Waals surface area contributed by atoms with Gasteiger partial charge in [-0.05, 0) is 35.9 Å². The number of nitrogens with zero attached hydrogens (tertiary/aromatic N) is 1. The topological polar surface area (TPSA) is 76.1 Å². The van der Waals surface area contributed by atoms with Crippen LogP contribution in [0.5, 0.6) is 11.5 Å². The van der Waals surface area contributed by atoms with E-state index in [0.29, 0.717) is 22.6 Å². The van der Waals surface area contributed by atoms with Gasteiger partial charge in [-0.1, -0.05) is 12.1 Å². The molecule has 3 rings (SSSR count). The highest BCUT2D eigenvalue weighted by molar-refractivity contribution is 6.46. The summed E-state index contributed by atoms with van der Waals surface area (Å²) < 4.78 is 23.7. The third-order valence-corrected chi connectivity index (χ3v) is 4.52. The summed E-state index contributed by atoms with van der Waals surface area (Å²) in [5.41, 5.74) is 0.743. The van der Waals surface area contributed by atoms with Crippen molar-refractivity contribution in [1.82, 2.24) is 4.90 Å². The highest BCUT2D eigenvalue weighted by atomic mass is 19.1. The van der Waals surface area contributed by atoms with Gasteiger partial charge < -0.3 is 19.5 Å². The maximum atomic E-state index is 13.3. The monoisotopic (exact) mass is 371 g/mol. The lowest BCUT2D eigenvalue weighted by Crippen LogP contribution is -2.24. The Kier molecular flexibility index (Phi) is 4.85. The Morgan fingerprint density at radius 2 is 1.67 bits per heavy atom. The predicted octanol–water partition coefficient (Wildman–Crippen LogP) is 2.89. The van der Waals surface area contributed by atoms with Gasteiger partial charge in [0.1, 0.15) is 11.6 Å². The number of benzene rings is 2. The van der Waals surface area contributed by atoms with Crippen LogP contribution in [0.4, 0.5) is 4.39 Å². The summed E-state index contributed by atoms with van der Waals surface area (Å²) in [5, 5.41) is 10.8. The Morgan fingerprint density at radius 3 is 2.26 bits per heavy atom. The lowest BCUT2D eigenvalue weighted by atomic mass is 9.95. The molecule has 0 aromatic heterocycles. The molecular weight excluding hydrogens is 353 g/mol. The van der Waals surface area contributed by atoms with Crippen LogP contribution < -0.4 is 9.47 Å². The number of aliphatic hydroxyl groups excluding tert-OH is 1. The Hall–Kier alpha value is -3.35. The number of aliphatic hydroxyl groups is 1. The second kappa shape index (κ2) is 7.11. The Bertz CT molecular complexity index is 936. The third kappa shape index (κ3) is 3.12. The number of likely N-dealkylation sites (N-methyl/N-ethyl adjacent to an activating group) is 1. The van der Waals surface area contributed by atoms with E-state index in [1.165, 1.54) is 56.5 Å². The molecule has 1 unspecified atom stereocenters. The van der Waals surface area contributed by atoms with Crippen molar-refractivity contribution in [1.29, 1.82) is 0 Å². The number of halogens is 1. The average Bonchev–Trinajstić information content (AvgIpc) is 2.91. The van der Waals surface area contributed by atoms with E-state index in [0.717, 1.165) is 0 Å². The lowest BCUT2D eigenvalue weighted by molar-refractivity contribution is -0.139. The van der Waals surface area contributed by atoms with Gasteiger partial charge in [0.2, 0.25) is 0 Å². The zero-order chi connectivity index (χ0) is 19.7. The molecule has 1 aliphatic heterocycles. The zero-order valence-corrected chi connectivity index (χ0v) is 15.0. The van der Waals surface area contributed by atoms with Gasteiger partial charge in [0.05, 0.1) is 25.8 Å². The quantitative estimate of drug-likeness (QED) is 0.508. The van der Waals surface area contributed by atoms with E-state index in [1.807, 2.05) is 0 Å². The molecule has 7 heteroatoms. The second-order valence-corrected chi connectivity index (χ2v) is 6.03. The maximum Gasteiger partial charge on any atom is 0.295 e. The number of hydrogen-bond donors (Lipinski definition) is 1. The van der Waals surface area contributed by atoms with E-state index >= 15 is 0 Å². The number of methoxy groups -OCH3 is 2. The van der Waals surface area contributed by atoms with E-state index in [2.05, 4.69) is 0 Å². The van der Waals surface area contributed by atoms with E-state index in [9.17, 15) is 19.1 Å². The first-order valence-electron chi connectivity index (χ1n) is 8.11. The molecule has 0 spiro atoms. The molecule has 1 atom stereocenters. The fourth-order valence-electron chi connectivity index (χ4n) is 3.12. The number of amides is 1. The Balaban J connectivity index is 2.16. The number of Topliss-reactive ketones (excluding diaryl/α,β-unsaturated/α-hetero) is 1. The molecule has 2 aromatic rings. The minimum absolute atomic E-state index is 0.0682. The standard InChI is InChI=1S/C20H18FNO5/c1-22-17(11-4-7-13(21)8-5-11)16(19(24)20(22)25)18(23)12-6-9-14(26-2)15(10-12)27-3/h4-10,17,23H,1-3H3. The summed E-state index contributed by atoms with van der Waals surface area (Å²) in [4.78, 5) is 26.0. The highest BCUT2D eigenvalue weighted by Gasteiger charge is 2.44. The van der Waals surface area contributed by atoms with E-state index < -0.39 is 23.5 Å². The van der Waals surface area contributed by atoms with E-state index in [-0.39, 0.29) is 11.3 Å². The molecular formula is C20H18FNO5. The molecule has 0 radical (unpaired) electrons. The van der Waals surface area contributed by atoms with E-state index in [1.54, 1.807) is 12.1 Å². The number of likely N-dealkylation sites (tertiary alicyclic amines) is 1. The molecule has 1 N–H and O–H groups in total. The van der Waals surface area contributed by atoms with Crippen molar-refractivity contribution < 1.29 is 28.6 Å². The summed E-state index contributed by atoms with van der Waals surface area (Å²) in [6, 6.07) is 9.26. The molecule has 1 aliphatic rings. The van der Waals surface area contributed by atoms with Crippen LogP contribution in [0.1, 0.15) is 17.2 Å². The first-order valence-corrected chi connectivity index (χ1v) is 8.11. The van der Waals surface area contributed by atoms with Crippen molar-refractivity contribution in [2.45, 2.75) is 6.04 Å². The van der Waals surface area contributed by atoms with Crippen LogP contribution in [-0.4, -0.2) is 43.0 Å². The molecule has 140 valence electrons. The minimum Gasteiger partial charge on any atom is -0.507 e. The summed E-state index contributed by atoms with van der Waals surface area (Å²) in [7, 11) is 4.39. The number of carbonyl (C=O) groups is 2. The molecule has 0 aliphatic carbocycles. The first kappa shape index (κ1) is 18.4. The normalized spacial score (nSPS) is 18.7. The molecule has 1 saturated heterocycles. The van der Waals surface area contributed by atoms with Crippen molar-refractivity contribution in [3.05, 3.63) is 65.0 Å². The number of ether oxygens (including phenoxy) is 2. The van der Waals surface area contributed by atoms with Crippen LogP contribution in [0.2, 0.25) is 0 Å². The number of hydrogen-bond acceptors (Lipinski definition) is 5. The van der Waals surface area contributed by atoms with E-state index in [4.69, 9.17) is 9.47 Å². The van der Waals surface area contributed by atoms with Gasteiger partial charge in [-0.15, -0.1) is 0 Å².